The molecule has 78 valence electrons. The van der Waals surface area contributed by atoms with Crippen molar-refractivity contribution in [3.63, 3.8) is 0 Å². The van der Waals surface area contributed by atoms with Gasteiger partial charge in [0.25, 0.3) is 0 Å². The molecule has 3 nitrogen and oxygen atoms in total. The summed E-state index contributed by atoms with van der Waals surface area (Å²) in [5, 5.41) is 7.59. The average Bonchev–Trinajstić information content (AvgIpc) is 2.63. The van der Waals surface area contributed by atoms with Crippen LogP contribution in [0.3, 0.4) is 0 Å². The normalized spacial score (nSPS) is 12.7. The van der Waals surface area contributed by atoms with Crippen LogP contribution >= 0.6 is 0 Å². The Morgan fingerprint density at radius 2 is 2.50 bits per heavy atom. The molecule has 0 bridgehead atoms. The van der Waals surface area contributed by atoms with E-state index in [2.05, 4.69) is 37.0 Å². The highest BCUT2D eigenvalue weighted by Crippen LogP contribution is 1.99. The zero-order valence-electron chi connectivity index (χ0n) is 9.03. The van der Waals surface area contributed by atoms with Gasteiger partial charge in [0.2, 0.25) is 0 Å². The van der Waals surface area contributed by atoms with Gasteiger partial charge in [0.1, 0.15) is 0 Å². The standard InChI is InChI=1S/C11H19N3/c1-4-6-14-9-11(8-13-14)7-12-10(3)5-2/h5,8-10,12H,2,4,6-7H2,1,3H3. The van der Waals surface area contributed by atoms with Gasteiger partial charge < -0.3 is 5.32 Å². The fourth-order valence-electron chi connectivity index (χ4n) is 1.21. The quantitative estimate of drug-likeness (QED) is 0.700. The molecule has 1 atom stereocenters. The summed E-state index contributed by atoms with van der Waals surface area (Å²) in [5.41, 5.74) is 1.23. The van der Waals surface area contributed by atoms with E-state index in [-0.39, 0.29) is 0 Å². The lowest BCUT2D eigenvalue weighted by Gasteiger charge is -2.06. The Balaban J connectivity index is 2.39. The van der Waals surface area contributed by atoms with E-state index in [1.54, 1.807) is 0 Å². The zero-order valence-corrected chi connectivity index (χ0v) is 9.03. The number of rotatable bonds is 6. The largest absolute Gasteiger partial charge is 0.307 e. The summed E-state index contributed by atoms with van der Waals surface area (Å²) in [6, 6.07) is 0.351. The second-order valence-electron chi connectivity index (χ2n) is 3.52. The van der Waals surface area contributed by atoms with Crippen LogP contribution in [-0.4, -0.2) is 15.8 Å². The van der Waals surface area contributed by atoms with Crippen molar-refractivity contribution >= 4 is 0 Å². The molecule has 1 rings (SSSR count). The molecule has 1 heterocycles. The molecule has 1 N–H and O–H groups in total. The van der Waals surface area contributed by atoms with E-state index < -0.39 is 0 Å². The maximum Gasteiger partial charge on any atom is 0.0534 e. The summed E-state index contributed by atoms with van der Waals surface area (Å²) in [6.07, 6.45) is 7.03. The van der Waals surface area contributed by atoms with Crippen LogP contribution in [0.4, 0.5) is 0 Å². The third kappa shape index (κ3) is 3.34. The molecule has 0 aliphatic carbocycles. The van der Waals surface area contributed by atoms with Gasteiger partial charge in [-0.2, -0.15) is 5.10 Å². The SMILES string of the molecule is C=CC(C)NCc1cnn(CCC)c1. The lowest BCUT2D eigenvalue weighted by molar-refractivity contribution is 0.599. The molecule has 3 heteroatoms. The second kappa shape index (κ2) is 5.60. The van der Waals surface area contributed by atoms with E-state index in [0.717, 1.165) is 19.5 Å². The first-order valence-electron chi connectivity index (χ1n) is 5.13. The molecule has 0 spiro atoms. The van der Waals surface area contributed by atoms with Crippen LogP contribution in [0.15, 0.2) is 25.0 Å². The Labute approximate surface area is 85.8 Å². The van der Waals surface area contributed by atoms with Crippen LogP contribution < -0.4 is 5.32 Å². The van der Waals surface area contributed by atoms with Crippen molar-refractivity contribution < 1.29 is 0 Å². The minimum absolute atomic E-state index is 0.351. The molecule has 14 heavy (non-hydrogen) atoms. The summed E-state index contributed by atoms with van der Waals surface area (Å²) >= 11 is 0. The molecule has 0 amide bonds. The monoisotopic (exact) mass is 193 g/mol. The predicted octanol–water partition coefficient (Wildman–Crippen LogP) is 1.96. The van der Waals surface area contributed by atoms with Gasteiger partial charge in [0.15, 0.2) is 0 Å². The van der Waals surface area contributed by atoms with Crippen LogP contribution in [0.1, 0.15) is 25.8 Å². The third-order valence-electron chi connectivity index (χ3n) is 2.12. The third-order valence-corrected chi connectivity index (χ3v) is 2.12. The number of nitrogens with zero attached hydrogens (tertiary/aromatic N) is 2. The summed E-state index contributed by atoms with van der Waals surface area (Å²) in [7, 11) is 0. The molecule has 0 aliphatic heterocycles. The Morgan fingerprint density at radius 3 is 3.14 bits per heavy atom. The number of aromatic nitrogens is 2. The zero-order chi connectivity index (χ0) is 10.4. The molecule has 0 aliphatic rings. The Bertz CT molecular complexity index is 278. The van der Waals surface area contributed by atoms with Gasteiger partial charge >= 0.3 is 0 Å². The fraction of sp³-hybridized carbons (Fsp3) is 0.545. The Morgan fingerprint density at radius 1 is 1.71 bits per heavy atom. The molecular formula is C11H19N3. The second-order valence-corrected chi connectivity index (χ2v) is 3.52. The van der Waals surface area contributed by atoms with Crippen LogP contribution in [0.25, 0.3) is 0 Å². The van der Waals surface area contributed by atoms with Gasteiger partial charge in [-0.05, 0) is 13.3 Å². The van der Waals surface area contributed by atoms with Crippen LogP contribution in [0, 0.1) is 0 Å². The van der Waals surface area contributed by atoms with Crippen molar-refractivity contribution in [3.8, 4) is 0 Å². The van der Waals surface area contributed by atoms with Crippen LogP contribution in [0.2, 0.25) is 0 Å². The van der Waals surface area contributed by atoms with Gasteiger partial charge in [-0.25, -0.2) is 0 Å². The molecule has 0 saturated heterocycles. The molecular weight excluding hydrogens is 174 g/mol. The van der Waals surface area contributed by atoms with E-state index in [4.69, 9.17) is 0 Å². The van der Waals surface area contributed by atoms with Gasteiger partial charge in [0, 0.05) is 30.9 Å². The number of aryl methyl sites for hydroxylation is 1. The highest BCUT2D eigenvalue weighted by atomic mass is 15.3. The van der Waals surface area contributed by atoms with Crippen molar-refractivity contribution in [2.45, 2.75) is 39.4 Å². The summed E-state index contributed by atoms with van der Waals surface area (Å²) in [6.45, 7) is 9.82. The van der Waals surface area contributed by atoms with Gasteiger partial charge in [-0.1, -0.05) is 13.0 Å². The smallest absolute Gasteiger partial charge is 0.0534 e. The maximum atomic E-state index is 4.26. The number of nitrogens with one attached hydrogen (secondary N) is 1. The first-order valence-corrected chi connectivity index (χ1v) is 5.13. The van der Waals surface area contributed by atoms with E-state index >= 15 is 0 Å². The first kappa shape index (κ1) is 11.0. The number of hydrogen-bond acceptors (Lipinski definition) is 2. The van der Waals surface area contributed by atoms with E-state index in [1.807, 2.05) is 17.0 Å². The van der Waals surface area contributed by atoms with Crippen molar-refractivity contribution in [2.75, 3.05) is 0 Å². The highest BCUT2D eigenvalue weighted by Gasteiger charge is 1.99. The Hall–Kier alpha value is -1.09. The van der Waals surface area contributed by atoms with Gasteiger partial charge in [-0.15, -0.1) is 6.58 Å². The van der Waals surface area contributed by atoms with Crippen molar-refractivity contribution in [2.24, 2.45) is 0 Å². The summed E-state index contributed by atoms with van der Waals surface area (Å²) in [5.74, 6) is 0. The molecule has 0 aromatic carbocycles. The minimum atomic E-state index is 0.351. The van der Waals surface area contributed by atoms with Gasteiger partial charge in [0.05, 0.1) is 6.20 Å². The average molecular weight is 193 g/mol. The molecule has 1 aromatic rings. The topological polar surface area (TPSA) is 29.9 Å². The number of hydrogen-bond donors (Lipinski definition) is 1. The molecule has 0 saturated carbocycles. The summed E-state index contributed by atoms with van der Waals surface area (Å²) in [4.78, 5) is 0. The van der Waals surface area contributed by atoms with Gasteiger partial charge in [-0.3, -0.25) is 4.68 Å². The maximum absolute atomic E-state index is 4.26. The molecule has 1 aromatic heterocycles. The lowest BCUT2D eigenvalue weighted by Crippen LogP contribution is -2.22. The van der Waals surface area contributed by atoms with Crippen molar-refractivity contribution in [1.29, 1.82) is 0 Å². The lowest BCUT2D eigenvalue weighted by atomic mass is 10.3. The van der Waals surface area contributed by atoms with E-state index in [1.165, 1.54) is 5.56 Å². The van der Waals surface area contributed by atoms with E-state index in [0.29, 0.717) is 6.04 Å². The highest BCUT2D eigenvalue weighted by molar-refractivity contribution is 5.04. The molecule has 0 radical (unpaired) electrons. The molecule has 1 unspecified atom stereocenters. The van der Waals surface area contributed by atoms with Crippen LogP contribution in [-0.2, 0) is 13.1 Å². The van der Waals surface area contributed by atoms with E-state index in [9.17, 15) is 0 Å². The first-order chi connectivity index (χ1) is 6.76. The fourth-order valence-corrected chi connectivity index (χ4v) is 1.21. The van der Waals surface area contributed by atoms with Crippen LogP contribution in [0.5, 0.6) is 0 Å². The van der Waals surface area contributed by atoms with Crippen molar-refractivity contribution in [3.05, 3.63) is 30.6 Å². The summed E-state index contributed by atoms with van der Waals surface area (Å²) < 4.78 is 1.98. The predicted molar refractivity (Wildman–Crippen MR) is 59.0 cm³/mol. The Kier molecular flexibility index (Phi) is 4.40. The molecule has 0 fully saturated rings. The van der Waals surface area contributed by atoms with Crippen molar-refractivity contribution in [1.82, 2.24) is 15.1 Å². The minimum Gasteiger partial charge on any atom is -0.307 e.